The molecule has 1 aromatic carbocycles. The van der Waals surface area contributed by atoms with Gasteiger partial charge in [-0.05, 0) is 30.3 Å². The van der Waals surface area contributed by atoms with E-state index < -0.39 is 0 Å². The maximum Gasteiger partial charge on any atom is 0.139 e. The van der Waals surface area contributed by atoms with E-state index in [-0.39, 0.29) is 11.6 Å². The van der Waals surface area contributed by atoms with E-state index in [1.54, 1.807) is 24.5 Å². The minimum atomic E-state index is -0.0213. The largest absolute Gasteiger partial charge is 0.506 e. The summed E-state index contributed by atoms with van der Waals surface area (Å²) in [6, 6.07) is 8.30. The first-order valence-electron chi connectivity index (χ1n) is 5.10. The first-order valence-corrected chi connectivity index (χ1v) is 5.10. The van der Waals surface area contributed by atoms with Crippen molar-refractivity contribution in [2.45, 2.75) is 6.54 Å². The molecule has 1 aromatic heterocycles. The van der Waals surface area contributed by atoms with Crippen molar-refractivity contribution in [3.8, 4) is 5.75 Å². The second kappa shape index (κ2) is 4.61. The molecule has 0 amide bonds. The normalized spacial score (nSPS) is 10.1. The zero-order valence-corrected chi connectivity index (χ0v) is 9.10. The fraction of sp³-hybridized carbons (Fsp3) is 0.0833. The summed E-state index contributed by atoms with van der Waals surface area (Å²) in [6.07, 6.45) is 1.58. The molecule has 0 saturated carbocycles. The molecule has 0 bridgehead atoms. The van der Waals surface area contributed by atoms with Crippen molar-refractivity contribution in [2.24, 2.45) is 0 Å². The van der Waals surface area contributed by atoms with Crippen molar-refractivity contribution in [1.29, 1.82) is 5.41 Å². The fourth-order valence-electron chi connectivity index (χ4n) is 1.39. The van der Waals surface area contributed by atoms with E-state index in [2.05, 4.69) is 5.32 Å². The smallest absolute Gasteiger partial charge is 0.139 e. The Kier molecular flexibility index (Phi) is 3.00. The van der Waals surface area contributed by atoms with Gasteiger partial charge < -0.3 is 20.6 Å². The SMILES string of the molecule is N=C(NCc1ccco1)c1ccc(N)c(O)c1. The van der Waals surface area contributed by atoms with Crippen LogP contribution in [0.25, 0.3) is 0 Å². The number of nitrogens with one attached hydrogen (secondary N) is 2. The summed E-state index contributed by atoms with van der Waals surface area (Å²) < 4.78 is 5.13. The van der Waals surface area contributed by atoms with Crippen molar-refractivity contribution in [3.05, 3.63) is 47.9 Å². The molecular formula is C12H13N3O2. The molecule has 17 heavy (non-hydrogen) atoms. The molecule has 0 saturated heterocycles. The number of hydrogen-bond acceptors (Lipinski definition) is 4. The predicted octanol–water partition coefficient (Wildman–Crippen LogP) is 1.68. The molecule has 0 aliphatic carbocycles. The zero-order chi connectivity index (χ0) is 12.3. The van der Waals surface area contributed by atoms with Gasteiger partial charge in [0.05, 0.1) is 18.5 Å². The van der Waals surface area contributed by atoms with Crippen LogP contribution in [0.2, 0.25) is 0 Å². The molecule has 1 heterocycles. The number of amidine groups is 1. The van der Waals surface area contributed by atoms with E-state index in [4.69, 9.17) is 15.6 Å². The Morgan fingerprint density at radius 2 is 2.24 bits per heavy atom. The summed E-state index contributed by atoms with van der Waals surface area (Å²) in [5.41, 5.74) is 6.36. The second-order valence-corrected chi connectivity index (χ2v) is 3.58. The van der Waals surface area contributed by atoms with Gasteiger partial charge in [0.25, 0.3) is 0 Å². The molecule has 5 N–H and O–H groups in total. The average molecular weight is 231 g/mol. The van der Waals surface area contributed by atoms with Crippen LogP contribution in [0.4, 0.5) is 5.69 Å². The number of aromatic hydroxyl groups is 1. The molecule has 5 nitrogen and oxygen atoms in total. The van der Waals surface area contributed by atoms with Crippen molar-refractivity contribution < 1.29 is 9.52 Å². The molecule has 0 atom stereocenters. The third-order valence-corrected chi connectivity index (χ3v) is 2.34. The van der Waals surface area contributed by atoms with Gasteiger partial charge in [-0.1, -0.05) is 0 Å². The van der Waals surface area contributed by atoms with E-state index in [1.165, 1.54) is 6.07 Å². The summed E-state index contributed by atoms with van der Waals surface area (Å²) in [6.45, 7) is 0.428. The maximum absolute atomic E-state index is 9.43. The molecular weight excluding hydrogens is 218 g/mol. The highest BCUT2D eigenvalue weighted by Gasteiger charge is 2.05. The van der Waals surface area contributed by atoms with Crippen molar-refractivity contribution in [3.63, 3.8) is 0 Å². The van der Waals surface area contributed by atoms with Crippen molar-refractivity contribution >= 4 is 11.5 Å². The van der Waals surface area contributed by atoms with Gasteiger partial charge in [0, 0.05) is 5.56 Å². The quantitative estimate of drug-likeness (QED) is 0.280. The van der Waals surface area contributed by atoms with Gasteiger partial charge in [0.2, 0.25) is 0 Å². The number of rotatable bonds is 3. The van der Waals surface area contributed by atoms with E-state index in [0.29, 0.717) is 17.8 Å². The topological polar surface area (TPSA) is 95.3 Å². The van der Waals surface area contributed by atoms with Gasteiger partial charge in [-0.15, -0.1) is 0 Å². The van der Waals surface area contributed by atoms with Crippen LogP contribution >= 0.6 is 0 Å². The van der Waals surface area contributed by atoms with Crippen LogP contribution in [0, 0.1) is 5.41 Å². The third kappa shape index (κ3) is 2.57. The lowest BCUT2D eigenvalue weighted by Crippen LogP contribution is -2.22. The number of anilines is 1. The molecule has 2 rings (SSSR count). The van der Waals surface area contributed by atoms with Gasteiger partial charge in [-0.3, -0.25) is 5.41 Å². The molecule has 2 aromatic rings. The molecule has 0 fully saturated rings. The summed E-state index contributed by atoms with van der Waals surface area (Å²) in [4.78, 5) is 0. The standard InChI is InChI=1S/C12H13N3O2/c13-10-4-3-8(6-11(10)16)12(14)15-7-9-2-1-5-17-9/h1-6,16H,7,13H2,(H2,14,15). The molecule has 5 heteroatoms. The number of phenols is 1. The minimum absolute atomic E-state index is 0.0213. The first kappa shape index (κ1) is 11.1. The Labute approximate surface area is 98.4 Å². The Hall–Kier alpha value is -2.43. The van der Waals surface area contributed by atoms with Gasteiger partial charge in [0.1, 0.15) is 17.3 Å². The lowest BCUT2D eigenvalue weighted by molar-refractivity contribution is 0.478. The highest BCUT2D eigenvalue weighted by Crippen LogP contribution is 2.20. The molecule has 0 spiro atoms. The summed E-state index contributed by atoms with van der Waals surface area (Å²) in [5.74, 6) is 0.929. The van der Waals surface area contributed by atoms with Crippen molar-refractivity contribution in [1.82, 2.24) is 5.32 Å². The number of nitrogens with two attached hydrogens (primary N) is 1. The van der Waals surface area contributed by atoms with Crippen LogP contribution in [0.3, 0.4) is 0 Å². The molecule has 88 valence electrons. The second-order valence-electron chi connectivity index (χ2n) is 3.58. The fourth-order valence-corrected chi connectivity index (χ4v) is 1.39. The van der Waals surface area contributed by atoms with E-state index >= 15 is 0 Å². The predicted molar refractivity (Wildman–Crippen MR) is 64.9 cm³/mol. The summed E-state index contributed by atoms with van der Waals surface area (Å²) >= 11 is 0. The number of benzene rings is 1. The monoisotopic (exact) mass is 231 g/mol. The molecule has 0 radical (unpaired) electrons. The lowest BCUT2D eigenvalue weighted by Gasteiger charge is -2.07. The van der Waals surface area contributed by atoms with Gasteiger partial charge in [0.15, 0.2) is 0 Å². The van der Waals surface area contributed by atoms with Crippen LogP contribution in [0.5, 0.6) is 5.75 Å². The summed E-state index contributed by atoms with van der Waals surface area (Å²) in [5, 5.41) is 20.1. The van der Waals surface area contributed by atoms with Gasteiger partial charge in [-0.2, -0.15) is 0 Å². The summed E-state index contributed by atoms with van der Waals surface area (Å²) in [7, 11) is 0. The Balaban J connectivity index is 2.02. The number of furan rings is 1. The Morgan fingerprint density at radius 3 is 2.88 bits per heavy atom. The van der Waals surface area contributed by atoms with Crippen LogP contribution in [-0.2, 0) is 6.54 Å². The number of nitrogen functional groups attached to an aromatic ring is 1. The van der Waals surface area contributed by atoms with Crippen LogP contribution in [0.15, 0.2) is 41.0 Å². The van der Waals surface area contributed by atoms with E-state index in [0.717, 1.165) is 5.76 Å². The highest BCUT2D eigenvalue weighted by atomic mass is 16.3. The first-order chi connectivity index (χ1) is 8.16. The number of phenolic OH excluding ortho intramolecular Hbond substituents is 1. The van der Waals surface area contributed by atoms with Crippen LogP contribution in [0.1, 0.15) is 11.3 Å². The Bertz CT molecular complexity index is 521. The highest BCUT2D eigenvalue weighted by molar-refractivity contribution is 5.97. The Morgan fingerprint density at radius 1 is 1.41 bits per heavy atom. The average Bonchev–Trinajstić information content (AvgIpc) is 2.82. The van der Waals surface area contributed by atoms with Gasteiger partial charge in [-0.25, -0.2) is 0 Å². The minimum Gasteiger partial charge on any atom is -0.506 e. The van der Waals surface area contributed by atoms with E-state index in [9.17, 15) is 5.11 Å². The van der Waals surface area contributed by atoms with Gasteiger partial charge >= 0.3 is 0 Å². The van der Waals surface area contributed by atoms with E-state index in [1.807, 2.05) is 6.07 Å². The van der Waals surface area contributed by atoms with Crippen LogP contribution < -0.4 is 11.1 Å². The lowest BCUT2D eigenvalue weighted by atomic mass is 10.1. The molecule has 0 aliphatic heterocycles. The maximum atomic E-state index is 9.43. The molecule has 0 aliphatic rings. The van der Waals surface area contributed by atoms with Crippen molar-refractivity contribution in [2.75, 3.05) is 5.73 Å². The molecule has 0 unspecified atom stereocenters. The number of hydrogen-bond donors (Lipinski definition) is 4. The zero-order valence-electron chi connectivity index (χ0n) is 9.10. The van der Waals surface area contributed by atoms with Crippen LogP contribution in [-0.4, -0.2) is 10.9 Å². The third-order valence-electron chi connectivity index (χ3n) is 2.34.